The Morgan fingerprint density at radius 3 is 2.30 bits per heavy atom. The Kier molecular flexibility index (Phi) is 4.38. The van der Waals surface area contributed by atoms with Gasteiger partial charge in [-0.05, 0) is 22.1 Å². The second-order valence-electron chi connectivity index (χ2n) is 4.71. The molecule has 1 atom stereocenters. The molecule has 2 nitrogen and oxygen atoms in total. The maximum Gasteiger partial charge on any atom is 0.183 e. The molecule has 2 N–H and O–H groups in total. The van der Waals surface area contributed by atoms with E-state index in [0.717, 1.165) is 21.6 Å². The minimum Gasteiger partial charge on any atom is -0.330 e. The van der Waals surface area contributed by atoms with Crippen LogP contribution in [-0.4, -0.2) is 12.3 Å². The molecule has 0 saturated heterocycles. The number of halogens is 1. The van der Waals surface area contributed by atoms with Gasteiger partial charge in [0.15, 0.2) is 5.78 Å². The number of benzene rings is 2. The Balaban J connectivity index is 0.00000147. The fourth-order valence-corrected chi connectivity index (χ4v) is 2.69. The fourth-order valence-electron chi connectivity index (χ4n) is 2.69. The second kappa shape index (κ2) is 6.04. The Bertz CT molecular complexity index is 737. The van der Waals surface area contributed by atoms with Crippen molar-refractivity contribution in [1.29, 1.82) is 0 Å². The van der Waals surface area contributed by atoms with Crippen molar-refractivity contribution in [3.63, 3.8) is 0 Å². The Labute approximate surface area is 124 Å². The molecular weight excluding hydrogens is 270 g/mol. The van der Waals surface area contributed by atoms with E-state index >= 15 is 0 Å². The van der Waals surface area contributed by atoms with Crippen molar-refractivity contribution in [3.8, 4) is 0 Å². The van der Waals surface area contributed by atoms with Gasteiger partial charge in [0.25, 0.3) is 0 Å². The lowest BCUT2D eigenvalue weighted by Gasteiger charge is -2.16. The first-order valence-corrected chi connectivity index (χ1v) is 6.41. The van der Waals surface area contributed by atoms with Crippen LogP contribution in [0.5, 0.6) is 0 Å². The fraction of sp³-hybridized carbons (Fsp3) is 0.118. The summed E-state index contributed by atoms with van der Waals surface area (Å²) in [7, 11) is 0. The van der Waals surface area contributed by atoms with E-state index in [1.165, 1.54) is 0 Å². The first-order chi connectivity index (χ1) is 9.31. The van der Waals surface area contributed by atoms with Crippen LogP contribution >= 0.6 is 12.4 Å². The van der Waals surface area contributed by atoms with Gasteiger partial charge in [0.05, 0.1) is 0 Å². The van der Waals surface area contributed by atoms with Crippen molar-refractivity contribution >= 4 is 29.8 Å². The normalized spacial score (nSPS) is 14.2. The predicted molar refractivity (Wildman–Crippen MR) is 84.1 cm³/mol. The highest BCUT2D eigenvalue weighted by Crippen LogP contribution is 2.25. The number of ketones is 1. The molecule has 0 aromatic heterocycles. The average molecular weight is 286 g/mol. The molecule has 0 bridgehead atoms. The van der Waals surface area contributed by atoms with Crippen molar-refractivity contribution in [2.45, 2.75) is 5.92 Å². The summed E-state index contributed by atoms with van der Waals surface area (Å²) < 4.78 is 0. The number of carbonyl (C=O) groups is 1. The summed E-state index contributed by atoms with van der Waals surface area (Å²) in [6.45, 7) is 0.438. The minimum absolute atomic E-state index is 0. The molecule has 0 radical (unpaired) electrons. The SMILES string of the molecule is Cl.NCC(C1=c2ccccc2=CC1=O)c1ccccc1. The van der Waals surface area contributed by atoms with Gasteiger partial charge in [-0.3, -0.25) is 4.79 Å². The smallest absolute Gasteiger partial charge is 0.183 e. The lowest BCUT2D eigenvalue weighted by Crippen LogP contribution is -2.26. The summed E-state index contributed by atoms with van der Waals surface area (Å²) in [6, 6.07) is 17.9. The molecule has 2 aromatic carbocycles. The van der Waals surface area contributed by atoms with Crippen LogP contribution in [0.4, 0.5) is 0 Å². The molecule has 0 fully saturated rings. The number of rotatable bonds is 3. The van der Waals surface area contributed by atoms with Gasteiger partial charge in [-0.25, -0.2) is 0 Å². The van der Waals surface area contributed by atoms with Crippen molar-refractivity contribution in [2.75, 3.05) is 6.54 Å². The van der Waals surface area contributed by atoms with Crippen LogP contribution in [0.3, 0.4) is 0 Å². The zero-order valence-electron chi connectivity index (χ0n) is 11.0. The van der Waals surface area contributed by atoms with Gasteiger partial charge in [-0.1, -0.05) is 54.6 Å². The van der Waals surface area contributed by atoms with E-state index in [0.29, 0.717) is 6.54 Å². The summed E-state index contributed by atoms with van der Waals surface area (Å²) in [6.07, 6.45) is 1.70. The molecule has 0 heterocycles. The van der Waals surface area contributed by atoms with Crippen LogP contribution in [0.15, 0.2) is 54.6 Å². The van der Waals surface area contributed by atoms with E-state index in [9.17, 15) is 4.79 Å². The van der Waals surface area contributed by atoms with Crippen molar-refractivity contribution in [1.82, 2.24) is 0 Å². The highest BCUT2D eigenvalue weighted by atomic mass is 35.5. The quantitative estimate of drug-likeness (QED) is 0.925. The molecule has 1 aliphatic rings. The van der Waals surface area contributed by atoms with Gasteiger partial charge in [0.1, 0.15) is 0 Å². The van der Waals surface area contributed by atoms with E-state index in [1.54, 1.807) is 6.08 Å². The number of fused-ring (bicyclic) bond motifs is 1. The van der Waals surface area contributed by atoms with Gasteiger partial charge >= 0.3 is 0 Å². The number of Topliss-reactive ketones (excluding diaryl/α,β-unsaturated/α-hetero) is 1. The number of hydrogen-bond donors (Lipinski definition) is 1. The summed E-state index contributed by atoms with van der Waals surface area (Å²) in [5.74, 6) is 0.0501. The van der Waals surface area contributed by atoms with Gasteiger partial charge in [0, 0.05) is 18.0 Å². The summed E-state index contributed by atoms with van der Waals surface area (Å²) in [5, 5.41) is 2.02. The number of hydrogen-bond acceptors (Lipinski definition) is 2. The second-order valence-corrected chi connectivity index (χ2v) is 4.71. The van der Waals surface area contributed by atoms with Gasteiger partial charge in [-0.2, -0.15) is 0 Å². The molecular formula is C17H16ClNO. The molecule has 20 heavy (non-hydrogen) atoms. The van der Waals surface area contributed by atoms with Crippen molar-refractivity contribution in [3.05, 3.63) is 70.6 Å². The highest BCUT2D eigenvalue weighted by Gasteiger charge is 2.23. The largest absolute Gasteiger partial charge is 0.330 e. The number of nitrogens with two attached hydrogens (primary N) is 1. The third-order valence-electron chi connectivity index (χ3n) is 3.59. The zero-order chi connectivity index (χ0) is 13.2. The van der Waals surface area contributed by atoms with E-state index in [-0.39, 0.29) is 24.1 Å². The lowest BCUT2D eigenvalue weighted by atomic mass is 9.89. The molecule has 3 heteroatoms. The van der Waals surface area contributed by atoms with E-state index in [4.69, 9.17) is 5.73 Å². The molecule has 3 rings (SSSR count). The van der Waals surface area contributed by atoms with Crippen LogP contribution in [0, 0.1) is 0 Å². The molecule has 0 spiro atoms. The molecule has 2 aromatic rings. The van der Waals surface area contributed by atoms with Crippen LogP contribution in [0.1, 0.15) is 11.5 Å². The monoisotopic (exact) mass is 285 g/mol. The first kappa shape index (κ1) is 14.5. The van der Waals surface area contributed by atoms with Crippen LogP contribution in [-0.2, 0) is 4.79 Å². The Hall–Kier alpha value is -1.90. The van der Waals surface area contributed by atoms with Gasteiger partial charge < -0.3 is 5.73 Å². The number of carbonyl (C=O) groups excluding carboxylic acids is 1. The topological polar surface area (TPSA) is 43.1 Å². The Morgan fingerprint density at radius 2 is 1.60 bits per heavy atom. The summed E-state index contributed by atoms with van der Waals surface area (Å²) in [4.78, 5) is 12.3. The van der Waals surface area contributed by atoms with E-state index in [2.05, 4.69) is 0 Å². The molecule has 102 valence electrons. The maximum atomic E-state index is 12.3. The predicted octanol–water partition coefficient (Wildman–Crippen LogP) is 1.36. The van der Waals surface area contributed by atoms with E-state index < -0.39 is 0 Å². The van der Waals surface area contributed by atoms with Gasteiger partial charge in [0.2, 0.25) is 0 Å². The minimum atomic E-state index is -0.0337. The summed E-state index contributed by atoms with van der Waals surface area (Å²) in [5.41, 5.74) is 7.84. The first-order valence-electron chi connectivity index (χ1n) is 6.41. The van der Waals surface area contributed by atoms with Crippen LogP contribution < -0.4 is 16.2 Å². The van der Waals surface area contributed by atoms with Gasteiger partial charge in [-0.15, -0.1) is 12.4 Å². The molecule has 1 unspecified atom stereocenters. The zero-order valence-corrected chi connectivity index (χ0v) is 11.8. The maximum absolute atomic E-state index is 12.3. The van der Waals surface area contributed by atoms with E-state index in [1.807, 2.05) is 54.6 Å². The third kappa shape index (κ3) is 2.40. The van der Waals surface area contributed by atoms with Crippen LogP contribution in [0.2, 0.25) is 0 Å². The van der Waals surface area contributed by atoms with Crippen molar-refractivity contribution < 1.29 is 4.79 Å². The summed E-state index contributed by atoms with van der Waals surface area (Å²) >= 11 is 0. The molecule has 1 aliphatic carbocycles. The van der Waals surface area contributed by atoms with Crippen LogP contribution in [0.25, 0.3) is 11.6 Å². The third-order valence-corrected chi connectivity index (χ3v) is 3.59. The van der Waals surface area contributed by atoms with Crippen molar-refractivity contribution in [2.24, 2.45) is 5.73 Å². The average Bonchev–Trinajstić information content (AvgIpc) is 2.78. The molecule has 0 amide bonds. The molecule has 0 aliphatic heterocycles. The lowest BCUT2D eigenvalue weighted by molar-refractivity contribution is -0.108. The highest BCUT2D eigenvalue weighted by molar-refractivity contribution is 6.33. The standard InChI is InChI=1S/C17H15NO.ClH/c18-11-15(12-6-2-1-3-7-12)17-14-9-5-4-8-13(14)10-16(17)19;/h1-10,15H,11,18H2;1H. The Morgan fingerprint density at radius 1 is 0.950 bits per heavy atom. The molecule has 0 saturated carbocycles.